The number of rotatable bonds is 5. The van der Waals surface area contributed by atoms with Gasteiger partial charge in [-0.2, -0.15) is 0 Å². The van der Waals surface area contributed by atoms with Crippen molar-refractivity contribution in [3.05, 3.63) is 29.8 Å². The molecule has 2 rings (SSSR count). The van der Waals surface area contributed by atoms with Crippen LogP contribution in [0.3, 0.4) is 0 Å². The van der Waals surface area contributed by atoms with E-state index in [-0.39, 0.29) is 19.1 Å². The first-order chi connectivity index (χ1) is 8.58. The zero-order chi connectivity index (χ0) is 13.2. The van der Waals surface area contributed by atoms with Gasteiger partial charge in [-0.1, -0.05) is 12.1 Å². The second kappa shape index (κ2) is 4.96. The molecule has 98 valence electrons. The van der Waals surface area contributed by atoms with Gasteiger partial charge in [0.2, 0.25) is 5.91 Å². The quantitative estimate of drug-likeness (QED) is 0.543. The Morgan fingerprint density at radius 1 is 1.39 bits per heavy atom. The van der Waals surface area contributed by atoms with E-state index in [2.05, 4.69) is 5.32 Å². The SMILES string of the molecule is Nc1ccc(C2(C(=O)NCC(O)CO)CC2)cc1. The smallest absolute Gasteiger partial charge is 0.230 e. The first kappa shape index (κ1) is 12.9. The second-order valence-electron chi connectivity index (χ2n) is 4.75. The molecule has 5 heteroatoms. The molecule has 5 nitrogen and oxygen atoms in total. The molecule has 0 bridgehead atoms. The molecular weight excluding hydrogens is 232 g/mol. The number of carbonyl (C=O) groups excluding carboxylic acids is 1. The van der Waals surface area contributed by atoms with E-state index in [0.29, 0.717) is 5.69 Å². The Morgan fingerprint density at radius 3 is 2.50 bits per heavy atom. The van der Waals surface area contributed by atoms with Gasteiger partial charge >= 0.3 is 0 Å². The van der Waals surface area contributed by atoms with Crippen LogP contribution in [-0.4, -0.2) is 35.4 Å². The Hall–Kier alpha value is -1.59. The monoisotopic (exact) mass is 250 g/mol. The van der Waals surface area contributed by atoms with Crippen molar-refractivity contribution in [1.82, 2.24) is 5.32 Å². The number of carbonyl (C=O) groups is 1. The number of amides is 1. The molecular formula is C13H18N2O3. The number of hydrogen-bond donors (Lipinski definition) is 4. The Labute approximate surface area is 106 Å². The van der Waals surface area contributed by atoms with Crippen molar-refractivity contribution in [2.45, 2.75) is 24.4 Å². The van der Waals surface area contributed by atoms with Crippen LogP contribution in [0.1, 0.15) is 18.4 Å². The number of hydrogen-bond acceptors (Lipinski definition) is 4. The number of anilines is 1. The van der Waals surface area contributed by atoms with E-state index in [0.717, 1.165) is 18.4 Å². The van der Waals surface area contributed by atoms with Crippen LogP contribution in [0.4, 0.5) is 5.69 Å². The molecule has 0 spiro atoms. The largest absolute Gasteiger partial charge is 0.399 e. The summed E-state index contributed by atoms with van der Waals surface area (Å²) < 4.78 is 0. The summed E-state index contributed by atoms with van der Waals surface area (Å²) in [6.07, 6.45) is 0.701. The summed E-state index contributed by atoms with van der Waals surface area (Å²) in [6, 6.07) is 7.30. The first-order valence-electron chi connectivity index (χ1n) is 6.02. The summed E-state index contributed by atoms with van der Waals surface area (Å²) in [6.45, 7) is -0.277. The van der Waals surface area contributed by atoms with Gasteiger partial charge < -0.3 is 21.3 Å². The van der Waals surface area contributed by atoms with Crippen LogP contribution < -0.4 is 11.1 Å². The lowest BCUT2D eigenvalue weighted by atomic mass is 9.94. The highest BCUT2D eigenvalue weighted by Gasteiger charge is 2.51. The van der Waals surface area contributed by atoms with E-state index in [1.54, 1.807) is 12.1 Å². The summed E-state index contributed by atoms with van der Waals surface area (Å²) in [5.41, 5.74) is 6.78. The van der Waals surface area contributed by atoms with Crippen molar-refractivity contribution in [2.75, 3.05) is 18.9 Å². The predicted octanol–water partition coefficient (Wildman–Crippen LogP) is -0.230. The van der Waals surface area contributed by atoms with Crippen LogP contribution in [0.25, 0.3) is 0 Å². The number of nitrogens with one attached hydrogen (secondary N) is 1. The zero-order valence-electron chi connectivity index (χ0n) is 10.1. The van der Waals surface area contributed by atoms with Gasteiger partial charge in [-0.25, -0.2) is 0 Å². The average Bonchev–Trinajstić information content (AvgIpc) is 3.17. The van der Waals surface area contributed by atoms with Crippen molar-refractivity contribution in [1.29, 1.82) is 0 Å². The number of nitrogens with two attached hydrogens (primary N) is 1. The highest BCUT2D eigenvalue weighted by atomic mass is 16.3. The molecule has 1 fully saturated rings. The van der Waals surface area contributed by atoms with E-state index in [1.807, 2.05) is 12.1 Å². The highest BCUT2D eigenvalue weighted by molar-refractivity contribution is 5.91. The number of benzene rings is 1. The van der Waals surface area contributed by atoms with E-state index in [4.69, 9.17) is 10.8 Å². The van der Waals surface area contributed by atoms with Gasteiger partial charge in [-0.3, -0.25) is 4.79 Å². The first-order valence-corrected chi connectivity index (χ1v) is 6.02. The van der Waals surface area contributed by atoms with Gasteiger partial charge in [0.1, 0.15) is 0 Å². The van der Waals surface area contributed by atoms with E-state index < -0.39 is 11.5 Å². The van der Waals surface area contributed by atoms with Gasteiger partial charge in [0.05, 0.1) is 18.1 Å². The fourth-order valence-corrected chi connectivity index (χ4v) is 2.02. The molecule has 18 heavy (non-hydrogen) atoms. The van der Waals surface area contributed by atoms with Crippen molar-refractivity contribution in [3.63, 3.8) is 0 Å². The lowest BCUT2D eigenvalue weighted by molar-refractivity contribution is -0.124. The molecule has 0 saturated heterocycles. The maximum atomic E-state index is 12.1. The molecule has 0 heterocycles. The van der Waals surface area contributed by atoms with Gasteiger partial charge in [-0.05, 0) is 30.5 Å². The second-order valence-corrected chi connectivity index (χ2v) is 4.75. The maximum absolute atomic E-state index is 12.1. The average molecular weight is 250 g/mol. The fraction of sp³-hybridized carbons (Fsp3) is 0.462. The topological polar surface area (TPSA) is 95.6 Å². The van der Waals surface area contributed by atoms with E-state index >= 15 is 0 Å². The zero-order valence-corrected chi connectivity index (χ0v) is 10.1. The normalized spacial score (nSPS) is 18.1. The molecule has 1 unspecified atom stereocenters. The third kappa shape index (κ3) is 2.47. The Kier molecular flexibility index (Phi) is 3.54. The van der Waals surface area contributed by atoms with Gasteiger partial charge in [0, 0.05) is 12.2 Å². The number of nitrogen functional groups attached to an aromatic ring is 1. The van der Waals surface area contributed by atoms with Crippen molar-refractivity contribution in [2.24, 2.45) is 0 Å². The molecule has 0 aromatic heterocycles. The minimum atomic E-state index is -0.906. The maximum Gasteiger partial charge on any atom is 0.230 e. The van der Waals surface area contributed by atoms with Crippen LogP contribution in [0.2, 0.25) is 0 Å². The molecule has 1 aliphatic rings. The summed E-state index contributed by atoms with van der Waals surface area (Å²) in [5.74, 6) is -0.0974. The Bertz CT molecular complexity index is 426. The molecule has 0 aliphatic heterocycles. The Morgan fingerprint density at radius 2 is 2.00 bits per heavy atom. The molecule has 1 aromatic carbocycles. The van der Waals surface area contributed by atoms with Gasteiger partial charge in [0.25, 0.3) is 0 Å². The van der Waals surface area contributed by atoms with Crippen LogP contribution in [-0.2, 0) is 10.2 Å². The molecule has 1 amide bonds. The summed E-state index contributed by atoms with van der Waals surface area (Å²) in [4.78, 5) is 12.1. The molecule has 5 N–H and O–H groups in total. The fourth-order valence-electron chi connectivity index (χ4n) is 2.02. The predicted molar refractivity (Wildman–Crippen MR) is 67.9 cm³/mol. The third-order valence-corrected chi connectivity index (χ3v) is 3.36. The molecule has 1 atom stereocenters. The standard InChI is InChI=1S/C13H18N2O3/c14-10-3-1-9(2-4-10)13(5-6-13)12(18)15-7-11(17)8-16/h1-4,11,16-17H,5-8,14H2,(H,15,18). The minimum Gasteiger partial charge on any atom is -0.399 e. The molecule has 1 saturated carbocycles. The lowest BCUT2D eigenvalue weighted by Crippen LogP contribution is -2.40. The molecule has 1 aliphatic carbocycles. The van der Waals surface area contributed by atoms with Crippen LogP contribution in [0, 0.1) is 0 Å². The van der Waals surface area contributed by atoms with Crippen molar-refractivity contribution in [3.8, 4) is 0 Å². The van der Waals surface area contributed by atoms with E-state index in [1.165, 1.54) is 0 Å². The summed E-state index contributed by atoms with van der Waals surface area (Å²) in [5, 5.41) is 20.6. The number of aliphatic hydroxyl groups is 2. The number of aliphatic hydroxyl groups excluding tert-OH is 2. The van der Waals surface area contributed by atoms with Crippen LogP contribution in [0.15, 0.2) is 24.3 Å². The van der Waals surface area contributed by atoms with Gasteiger partial charge in [-0.15, -0.1) is 0 Å². The van der Waals surface area contributed by atoms with E-state index in [9.17, 15) is 9.90 Å². The molecule has 0 radical (unpaired) electrons. The summed E-state index contributed by atoms with van der Waals surface area (Å²) in [7, 11) is 0. The Balaban J connectivity index is 2.03. The van der Waals surface area contributed by atoms with Crippen molar-refractivity contribution < 1.29 is 15.0 Å². The highest BCUT2D eigenvalue weighted by Crippen LogP contribution is 2.48. The van der Waals surface area contributed by atoms with Crippen LogP contribution >= 0.6 is 0 Å². The molecule has 1 aromatic rings. The lowest BCUT2D eigenvalue weighted by Gasteiger charge is -2.17. The summed E-state index contributed by atoms with van der Waals surface area (Å²) >= 11 is 0. The van der Waals surface area contributed by atoms with Crippen molar-refractivity contribution >= 4 is 11.6 Å². The third-order valence-electron chi connectivity index (χ3n) is 3.36. The minimum absolute atomic E-state index is 0.0755. The van der Waals surface area contributed by atoms with Crippen LogP contribution in [0.5, 0.6) is 0 Å². The van der Waals surface area contributed by atoms with Gasteiger partial charge in [0.15, 0.2) is 0 Å².